The summed E-state index contributed by atoms with van der Waals surface area (Å²) in [5.74, 6) is -1.36. The van der Waals surface area contributed by atoms with Gasteiger partial charge in [0.2, 0.25) is 0 Å². The number of carbonyl (C=O) groups excluding carboxylic acids is 1. The van der Waals surface area contributed by atoms with Crippen LogP contribution in [-0.2, 0) is 9.53 Å². The lowest BCUT2D eigenvalue weighted by molar-refractivity contribution is -0.144. The summed E-state index contributed by atoms with van der Waals surface area (Å²) in [6.45, 7) is 4.25. The molecule has 0 saturated carbocycles. The number of benzene rings is 2. The number of ether oxygens (including phenoxy) is 1. The zero-order valence-electron chi connectivity index (χ0n) is 13.4. The van der Waals surface area contributed by atoms with Crippen LogP contribution >= 0.6 is 0 Å². The molecule has 2 aromatic carbocycles. The lowest BCUT2D eigenvalue weighted by atomic mass is 10.0. The lowest BCUT2D eigenvalue weighted by Crippen LogP contribution is -2.47. The van der Waals surface area contributed by atoms with Crippen LogP contribution in [0, 0.1) is 0 Å². The van der Waals surface area contributed by atoms with E-state index in [-0.39, 0.29) is 12.5 Å². The average Bonchev–Trinajstić information content (AvgIpc) is 2.57. The van der Waals surface area contributed by atoms with Crippen molar-refractivity contribution in [2.45, 2.75) is 19.9 Å². The minimum absolute atomic E-state index is 0.0177. The van der Waals surface area contributed by atoms with Crippen molar-refractivity contribution in [1.29, 1.82) is 0 Å². The number of hydrogen-bond donors (Lipinski definition) is 1. The molecular formula is C18H21NO4. The van der Waals surface area contributed by atoms with E-state index in [1.807, 2.05) is 36.4 Å². The number of amides is 1. The molecule has 1 atom stereocenters. The minimum atomic E-state index is -1.06. The van der Waals surface area contributed by atoms with Gasteiger partial charge in [-0.15, -0.1) is 0 Å². The Kier molecular flexibility index (Phi) is 5.71. The van der Waals surface area contributed by atoms with Crippen molar-refractivity contribution in [1.82, 2.24) is 4.90 Å². The summed E-state index contributed by atoms with van der Waals surface area (Å²) in [5.41, 5.74) is 0.507. The maximum atomic E-state index is 12.9. The molecule has 0 spiro atoms. The third-order valence-electron chi connectivity index (χ3n) is 3.76. The van der Waals surface area contributed by atoms with Crippen LogP contribution in [-0.4, -0.2) is 47.7 Å². The van der Waals surface area contributed by atoms with Crippen molar-refractivity contribution in [3.8, 4) is 0 Å². The first-order chi connectivity index (χ1) is 11.1. The quantitative estimate of drug-likeness (QED) is 0.853. The Morgan fingerprint density at radius 2 is 1.83 bits per heavy atom. The fourth-order valence-electron chi connectivity index (χ4n) is 2.60. The second kappa shape index (κ2) is 7.74. The molecule has 0 fully saturated rings. The number of rotatable bonds is 7. The van der Waals surface area contributed by atoms with Crippen LogP contribution in [0.4, 0.5) is 0 Å². The first-order valence-electron chi connectivity index (χ1n) is 7.69. The molecule has 122 valence electrons. The van der Waals surface area contributed by atoms with Gasteiger partial charge in [-0.2, -0.15) is 0 Å². The molecular weight excluding hydrogens is 294 g/mol. The van der Waals surface area contributed by atoms with Gasteiger partial charge in [-0.05, 0) is 30.7 Å². The van der Waals surface area contributed by atoms with Crippen molar-refractivity contribution < 1.29 is 19.4 Å². The zero-order chi connectivity index (χ0) is 16.8. The molecule has 0 aromatic heterocycles. The topological polar surface area (TPSA) is 66.8 Å². The van der Waals surface area contributed by atoms with E-state index in [2.05, 4.69) is 0 Å². The second-order valence-corrected chi connectivity index (χ2v) is 5.13. The normalized spacial score (nSPS) is 12.1. The van der Waals surface area contributed by atoms with E-state index in [1.54, 1.807) is 19.9 Å². The van der Waals surface area contributed by atoms with E-state index in [4.69, 9.17) is 4.74 Å². The number of carboxylic acids is 1. The van der Waals surface area contributed by atoms with E-state index in [9.17, 15) is 14.7 Å². The Balaban J connectivity index is 2.39. The van der Waals surface area contributed by atoms with Crippen molar-refractivity contribution in [3.63, 3.8) is 0 Å². The van der Waals surface area contributed by atoms with Gasteiger partial charge < -0.3 is 14.7 Å². The number of fused-ring (bicyclic) bond motifs is 1. The van der Waals surface area contributed by atoms with Gasteiger partial charge in [0, 0.05) is 18.7 Å². The molecule has 0 saturated heterocycles. The molecule has 0 radical (unpaired) electrons. The van der Waals surface area contributed by atoms with Gasteiger partial charge in [-0.1, -0.05) is 36.4 Å². The van der Waals surface area contributed by atoms with Crippen LogP contribution in [0.15, 0.2) is 42.5 Å². The summed E-state index contributed by atoms with van der Waals surface area (Å²) in [4.78, 5) is 25.8. The molecule has 1 amide bonds. The van der Waals surface area contributed by atoms with Crippen LogP contribution in [0.25, 0.3) is 10.8 Å². The summed E-state index contributed by atoms with van der Waals surface area (Å²) < 4.78 is 5.24. The largest absolute Gasteiger partial charge is 0.480 e. The van der Waals surface area contributed by atoms with Crippen LogP contribution in [0.2, 0.25) is 0 Å². The van der Waals surface area contributed by atoms with Crippen LogP contribution in [0.3, 0.4) is 0 Å². The lowest BCUT2D eigenvalue weighted by Gasteiger charge is -2.28. The number of carbonyl (C=O) groups is 2. The van der Waals surface area contributed by atoms with Crippen LogP contribution < -0.4 is 0 Å². The molecule has 2 aromatic rings. The van der Waals surface area contributed by atoms with Gasteiger partial charge in [0.15, 0.2) is 6.04 Å². The summed E-state index contributed by atoms with van der Waals surface area (Å²) >= 11 is 0. The van der Waals surface area contributed by atoms with E-state index in [0.717, 1.165) is 10.8 Å². The van der Waals surface area contributed by atoms with Gasteiger partial charge in [-0.25, -0.2) is 4.79 Å². The molecule has 0 aliphatic heterocycles. The van der Waals surface area contributed by atoms with Crippen molar-refractivity contribution in [2.24, 2.45) is 0 Å². The summed E-state index contributed by atoms with van der Waals surface area (Å²) in [7, 11) is 0. The summed E-state index contributed by atoms with van der Waals surface area (Å²) in [6.07, 6.45) is 0. The first kappa shape index (κ1) is 17.0. The SMILES string of the molecule is CCOCC(C(=O)O)N(CC)C(=O)c1cccc2ccccc12. The Labute approximate surface area is 135 Å². The smallest absolute Gasteiger partial charge is 0.328 e. The fraction of sp³-hybridized carbons (Fsp3) is 0.333. The van der Waals surface area contributed by atoms with Crippen LogP contribution in [0.1, 0.15) is 24.2 Å². The van der Waals surface area contributed by atoms with Gasteiger partial charge in [0.25, 0.3) is 5.91 Å². The Hall–Kier alpha value is -2.40. The highest BCUT2D eigenvalue weighted by molar-refractivity contribution is 6.07. The molecule has 0 aliphatic carbocycles. The van der Waals surface area contributed by atoms with Crippen LogP contribution in [0.5, 0.6) is 0 Å². The number of nitrogens with zero attached hydrogens (tertiary/aromatic N) is 1. The minimum Gasteiger partial charge on any atom is -0.480 e. The molecule has 1 unspecified atom stereocenters. The van der Waals surface area contributed by atoms with Crippen molar-refractivity contribution in [2.75, 3.05) is 19.8 Å². The zero-order valence-corrected chi connectivity index (χ0v) is 13.4. The third kappa shape index (κ3) is 3.68. The van der Waals surface area contributed by atoms with Gasteiger partial charge in [0.05, 0.1) is 6.61 Å². The number of aliphatic carboxylic acids is 1. The molecule has 5 heteroatoms. The molecule has 5 nitrogen and oxygen atoms in total. The molecule has 23 heavy (non-hydrogen) atoms. The molecule has 1 N–H and O–H groups in total. The monoisotopic (exact) mass is 315 g/mol. The van der Waals surface area contributed by atoms with Crippen molar-refractivity contribution in [3.05, 3.63) is 48.0 Å². The first-order valence-corrected chi connectivity index (χ1v) is 7.69. The predicted octanol–water partition coefficient (Wildman–Crippen LogP) is 2.79. The highest BCUT2D eigenvalue weighted by Gasteiger charge is 2.30. The maximum Gasteiger partial charge on any atom is 0.328 e. The number of hydrogen-bond acceptors (Lipinski definition) is 3. The molecule has 0 heterocycles. The Morgan fingerprint density at radius 1 is 1.13 bits per heavy atom. The molecule has 2 rings (SSSR count). The Bertz CT molecular complexity index is 693. The van der Waals surface area contributed by atoms with E-state index in [0.29, 0.717) is 18.7 Å². The highest BCUT2D eigenvalue weighted by Crippen LogP contribution is 2.21. The Morgan fingerprint density at radius 3 is 2.48 bits per heavy atom. The van der Waals surface area contributed by atoms with Gasteiger partial charge >= 0.3 is 5.97 Å². The number of likely N-dealkylation sites (N-methyl/N-ethyl adjacent to an activating group) is 1. The van der Waals surface area contributed by atoms with E-state index < -0.39 is 12.0 Å². The fourth-order valence-corrected chi connectivity index (χ4v) is 2.60. The second-order valence-electron chi connectivity index (χ2n) is 5.13. The predicted molar refractivity (Wildman–Crippen MR) is 88.6 cm³/mol. The summed E-state index contributed by atoms with van der Waals surface area (Å²) in [6, 6.07) is 12.0. The van der Waals surface area contributed by atoms with Gasteiger partial charge in [0.1, 0.15) is 0 Å². The van der Waals surface area contributed by atoms with Crippen molar-refractivity contribution >= 4 is 22.6 Å². The standard InChI is InChI=1S/C18H21NO4/c1-3-19(16(18(21)22)12-23-4-2)17(20)15-11-7-9-13-8-5-6-10-14(13)15/h5-11,16H,3-4,12H2,1-2H3,(H,21,22). The average molecular weight is 315 g/mol. The maximum absolute atomic E-state index is 12.9. The summed E-state index contributed by atoms with van der Waals surface area (Å²) in [5, 5.41) is 11.2. The van der Waals surface area contributed by atoms with E-state index >= 15 is 0 Å². The highest BCUT2D eigenvalue weighted by atomic mass is 16.5. The molecule has 0 aliphatic rings. The molecule has 0 bridgehead atoms. The number of carboxylic acid groups (broad SMARTS) is 1. The van der Waals surface area contributed by atoms with E-state index in [1.165, 1.54) is 4.90 Å². The third-order valence-corrected chi connectivity index (χ3v) is 3.76. The van der Waals surface area contributed by atoms with Gasteiger partial charge in [-0.3, -0.25) is 4.79 Å².